The second kappa shape index (κ2) is 6.02. The third-order valence-electron chi connectivity index (χ3n) is 3.92. The summed E-state index contributed by atoms with van der Waals surface area (Å²) in [5.41, 5.74) is 6.25. The van der Waals surface area contributed by atoms with Crippen LogP contribution in [0.3, 0.4) is 0 Å². The maximum Gasteiger partial charge on any atom is 0.243 e. The zero-order valence-corrected chi connectivity index (χ0v) is 13.4. The van der Waals surface area contributed by atoms with E-state index in [4.69, 9.17) is 17.3 Å². The van der Waals surface area contributed by atoms with Crippen molar-refractivity contribution in [2.24, 2.45) is 11.7 Å². The van der Waals surface area contributed by atoms with Crippen molar-refractivity contribution < 1.29 is 8.42 Å². The van der Waals surface area contributed by atoms with Gasteiger partial charge in [0.15, 0.2) is 0 Å². The van der Waals surface area contributed by atoms with Crippen molar-refractivity contribution in [2.75, 3.05) is 6.54 Å². The predicted molar refractivity (Wildman–Crippen MR) is 81.1 cm³/mol. The molecule has 0 saturated carbocycles. The summed E-state index contributed by atoms with van der Waals surface area (Å²) in [5.74, 6) is 0.571. The standard InChI is InChI=1S/C14H21ClN2O2S/c1-10-5-6-17(11(2)7-10)20(18,19)13-3-4-14(15)12(8-13)9-16/h3-4,8,10-11H,5-7,9,16H2,1-2H3. The zero-order chi connectivity index (χ0) is 14.9. The van der Waals surface area contributed by atoms with Crippen molar-refractivity contribution in [1.82, 2.24) is 4.31 Å². The van der Waals surface area contributed by atoms with E-state index < -0.39 is 10.0 Å². The van der Waals surface area contributed by atoms with Crippen molar-refractivity contribution in [1.29, 1.82) is 0 Å². The highest BCUT2D eigenvalue weighted by Crippen LogP contribution is 2.29. The van der Waals surface area contributed by atoms with Crippen molar-refractivity contribution in [2.45, 2.75) is 44.2 Å². The topological polar surface area (TPSA) is 63.4 Å². The first kappa shape index (κ1) is 15.8. The van der Waals surface area contributed by atoms with Gasteiger partial charge in [-0.2, -0.15) is 4.31 Å². The van der Waals surface area contributed by atoms with Crippen LogP contribution in [0.5, 0.6) is 0 Å². The number of nitrogens with two attached hydrogens (primary N) is 1. The van der Waals surface area contributed by atoms with E-state index in [2.05, 4.69) is 6.92 Å². The number of hydrogen-bond donors (Lipinski definition) is 1. The van der Waals surface area contributed by atoms with Crippen LogP contribution in [0, 0.1) is 5.92 Å². The highest BCUT2D eigenvalue weighted by molar-refractivity contribution is 7.89. The number of halogens is 1. The second-order valence-corrected chi connectivity index (χ2v) is 7.85. The Morgan fingerprint density at radius 3 is 2.70 bits per heavy atom. The smallest absolute Gasteiger partial charge is 0.243 e. The first-order chi connectivity index (χ1) is 9.36. The number of hydrogen-bond acceptors (Lipinski definition) is 3. The molecule has 0 radical (unpaired) electrons. The summed E-state index contributed by atoms with van der Waals surface area (Å²) in [4.78, 5) is 0.281. The Morgan fingerprint density at radius 1 is 1.40 bits per heavy atom. The van der Waals surface area contributed by atoms with Gasteiger partial charge in [-0.3, -0.25) is 0 Å². The molecule has 6 heteroatoms. The van der Waals surface area contributed by atoms with Crippen LogP contribution in [-0.2, 0) is 16.6 Å². The Bertz CT molecular complexity index is 589. The fraction of sp³-hybridized carbons (Fsp3) is 0.571. The van der Waals surface area contributed by atoms with Gasteiger partial charge in [0, 0.05) is 24.2 Å². The molecule has 2 rings (SSSR count). The average Bonchev–Trinajstić information content (AvgIpc) is 2.38. The molecule has 1 aliphatic rings. The van der Waals surface area contributed by atoms with Crippen LogP contribution in [0.25, 0.3) is 0 Å². The molecule has 0 amide bonds. The second-order valence-electron chi connectivity index (χ2n) is 5.55. The number of rotatable bonds is 3. The number of nitrogens with zero attached hydrogens (tertiary/aromatic N) is 1. The molecule has 0 bridgehead atoms. The normalized spacial score (nSPS) is 24.8. The minimum Gasteiger partial charge on any atom is -0.326 e. The van der Waals surface area contributed by atoms with Crippen molar-refractivity contribution in [3.05, 3.63) is 28.8 Å². The van der Waals surface area contributed by atoms with Gasteiger partial charge in [-0.25, -0.2) is 8.42 Å². The molecule has 2 unspecified atom stereocenters. The Hall–Kier alpha value is -0.620. The average molecular weight is 317 g/mol. The van der Waals surface area contributed by atoms with Gasteiger partial charge in [0.25, 0.3) is 0 Å². The highest BCUT2D eigenvalue weighted by Gasteiger charge is 2.33. The van der Waals surface area contributed by atoms with Crippen LogP contribution in [0.4, 0.5) is 0 Å². The summed E-state index contributed by atoms with van der Waals surface area (Å²) in [6, 6.07) is 4.78. The lowest BCUT2D eigenvalue weighted by Crippen LogP contribution is -2.44. The van der Waals surface area contributed by atoms with Crippen LogP contribution < -0.4 is 5.73 Å². The van der Waals surface area contributed by atoms with E-state index in [0.29, 0.717) is 23.0 Å². The first-order valence-electron chi connectivity index (χ1n) is 6.86. The maximum atomic E-state index is 12.7. The van der Waals surface area contributed by atoms with Crippen LogP contribution in [0.15, 0.2) is 23.1 Å². The summed E-state index contributed by atoms with van der Waals surface area (Å²) in [6.45, 7) is 4.93. The predicted octanol–water partition coefficient (Wildman–Crippen LogP) is 2.61. The van der Waals surface area contributed by atoms with Crippen molar-refractivity contribution in [3.8, 4) is 0 Å². The highest BCUT2D eigenvalue weighted by atomic mass is 35.5. The van der Waals surface area contributed by atoms with E-state index in [-0.39, 0.29) is 17.5 Å². The molecule has 112 valence electrons. The molecule has 4 nitrogen and oxygen atoms in total. The quantitative estimate of drug-likeness (QED) is 0.932. The fourth-order valence-electron chi connectivity index (χ4n) is 2.75. The van der Waals surface area contributed by atoms with Crippen LogP contribution in [0.2, 0.25) is 5.02 Å². The fourth-order valence-corrected chi connectivity index (χ4v) is 4.65. The van der Waals surface area contributed by atoms with E-state index in [1.54, 1.807) is 22.5 Å². The lowest BCUT2D eigenvalue weighted by Gasteiger charge is -2.35. The SMILES string of the molecule is CC1CCN(S(=O)(=O)c2ccc(Cl)c(CN)c2)C(C)C1. The van der Waals surface area contributed by atoms with Gasteiger partial charge in [0.1, 0.15) is 0 Å². The van der Waals surface area contributed by atoms with Gasteiger partial charge >= 0.3 is 0 Å². The zero-order valence-electron chi connectivity index (χ0n) is 11.8. The minimum atomic E-state index is -3.46. The maximum absolute atomic E-state index is 12.7. The monoisotopic (exact) mass is 316 g/mol. The molecule has 1 heterocycles. The number of sulfonamides is 1. The van der Waals surface area contributed by atoms with E-state index in [0.717, 1.165) is 12.8 Å². The Kier molecular flexibility index (Phi) is 4.74. The molecular formula is C14H21ClN2O2S. The summed E-state index contributed by atoms with van der Waals surface area (Å²) >= 11 is 5.99. The van der Waals surface area contributed by atoms with Crippen molar-refractivity contribution in [3.63, 3.8) is 0 Å². The minimum absolute atomic E-state index is 0.0285. The molecular weight excluding hydrogens is 296 g/mol. The Morgan fingerprint density at radius 2 is 2.10 bits per heavy atom. The van der Waals surface area contributed by atoms with Gasteiger partial charge in [-0.15, -0.1) is 0 Å². The molecule has 1 fully saturated rings. The molecule has 1 aromatic carbocycles. The Labute approximate surface area is 126 Å². The van der Waals surface area contributed by atoms with E-state index in [9.17, 15) is 8.42 Å². The van der Waals surface area contributed by atoms with Gasteiger partial charge in [-0.05, 0) is 49.4 Å². The van der Waals surface area contributed by atoms with Crippen LogP contribution in [0.1, 0.15) is 32.3 Å². The van der Waals surface area contributed by atoms with Gasteiger partial charge < -0.3 is 5.73 Å². The lowest BCUT2D eigenvalue weighted by molar-refractivity contribution is 0.220. The third kappa shape index (κ3) is 3.01. The molecule has 20 heavy (non-hydrogen) atoms. The first-order valence-corrected chi connectivity index (χ1v) is 8.68. The van der Waals surface area contributed by atoms with Crippen molar-refractivity contribution >= 4 is 21.6 Å². The molecule has 1 aromatic rings. The Balaban J connectivity index is 2.35. The summed E-state index contributed by atoms with van der Waals surface area (Å²) < 4.78 is 27.0. The van der Waals surface area contributed by atoms with Gasteiger partial charge in [-0.1, -0.05) is 18.5 Å². The lowest BCUT2D eigenvalue weighted by atomic mass is 9.95. The number of benzene rings is 1. The van der Waals surface area contributed by atoms with E-state index in [1.807, 2.05) is 6.92 Å². The summed E-state index contributed by atoms with van der Waals surface area (Å²) in [7, 11) is -3.46. The molecule has 0 aliphatic carbocycles. The number of piperidine rings is 1. The van der Waals surface area contributed by atoms with E-state index in [1.165, 1.54) is 0 Å². The molecule has 0 aromatic heterocycles. The summed E-state index contributed by atoms with van der Waals surface area (Å²) in [6.07, 6.45) is 1.80. The van der Waals surface area contributed by atoms with Crippen LogP contribution >= 0.6 is 11.6 Å². The summed E-state index contributed by atoms with van der Waals surface area (Å²) in [5, 5.41) is 0.506. The molecule has 2 N–H and O–H groups in total. The third-order valence-corrected chi connectivity index (χ3v) is 6.30. The molecule has 2 atom stereocenters. The largest absolute Gasteiger partial charge is 0.326 e. The van der Waals surface area contributed by atoms with Gasteiger partial charge in [0.05, 0.1) is 4.90 Å². The van der Waals surface area contributed by atoms with Gasteiger partial charge in [0.2, 0.25) is 10.0 Å². The molecule has 0 spiro atoms. The van der Waals surface area contributed by atoms with E-state index >= 15 is 0 Å². The molecule has 1 aliphatic heterocycles. The molecule has 1 saturated heterocycles. The van der Waals surface area contributed by atoms with Crippen LogP contribution in [-0.4, -0.2) is 25.3 Å².